The molecule has 0 spiro atoms. The Kier molecular flexibility index (Phi) is 6.74. The van der Waals surface area contributed by atoms with Crippen LogP contribution in [0.15, 0.2) is 34.9 Å². The zero-order valence-corrected chi connectivity index (χ0v) is 14.0. The summed E-state index contributed by atoms with van der Waals surface area (Å²) in [4.78, 5) is 15.9. The minimum Gasteiger partial charge on any atom is -0.388 e. The van der Waals surface area contributed by atoms with Crippen molar-refractivity contribution >= 4 is 6.03 Å². The van der Waals surface area contributed by atoms with Crippen LogP contribution in [-0.2, 0) is 6.42 Å². The van der Waals surface area contributed by atoms with Crippen LogP contribution in [0.3, 0.4) is 0 Å². The van der Waals surface area contributed by atoms with Crippen LogP contribution in [-0.4, -0.2) is 34.4 Å². The second-order valence-corrected chi connectivity index (χ2v) is 5.85. The van der Waals surface area contributed by atoms with Gasteiger partial charge in [0.05, 0.1) is 6.10 Å². The van der Waals surface area contributed by atoms with Crippen molar-refractivity contribution in [3.63, 3.8) is 0 Å². The normalized spacial score (nSPS) is 12.2. The Morgan fingerprint density at radius 3 is 2.58 bits per heavy atom. The van der Waals surface area contributed by atoms with Crippen LogP contribution in [0, 0.1) is 0 Å². The van der Waals surface area contributed by atoms with Gasteiger partial charge < -0.3 is 20.3 Å². The lowest BCUT2D eigenvalue weighted by atomic mass is 10.1. The number of urea groups is 1. The number of aliphatic hydroxyl groups is 1. The van der Waals surface area contributed by atoms with E-state index in [1.54, 1.807) is 0 Å². The number of rotatable bonds is 8. The second kappa shape index (κ2) is 9.02. The van der Waals surface area contributed by atoms with Crippen LogP contribution in [0.5, 0.6) is 0 Å². The van der Waals surface area contributed by atoms with Crippen LogP contribution in [0.2, 0.25) is 0 Å². The molecule has 0 aliphatic carbocycles. The van der Waals surface area contributed by atoms with Gasteiger partial charge in [-0.05, 0) is 12.0 Å². The number of hydrogen-bond donors (Lipinski definition) is 3. The van der Waals surface area contributed by atoms with Crippen molar-refractivity contribution in [3.8, 4) is 0 Å². The molecule has 1 aromatic carbocycles. The molecule has 1 atom stereocenters. The quantitative estimate of drug-likeness (QED) is 0.688. The van der Waals surface area contributed by atoms with Crippen LogP contribution in [0.4, 0.5) is 4.79 Å². The molecular weight excluding hydrogens is 308 g/mol. The first kappa shape index (κ1) is 17.9. The van der Waals surface area contributed by atoms with Gasteiger partial charge in [-0.1, -0.05) is 49.3 Å². The highest BCUT2D eigenvalue weighted by molar-refractivity contribution is 5.73. The SMILES string of the molecule is CC(C)c1noc(CCNC(=O)NCCC(O)c2ccccc2)n1. The standard InChI is InChI=1S/C17H24N4O3/c1-12(2)16-20-15(24-21-16)9-11-19-17(23)18-10-8-14(22)13-6-4-3-5-7-13/h3-7,12,14,22H,8-11H2,1-2H3,(H2,18,19,23). The average molecular weight is 332 g/mol. The summed E-state index contributed by atoms with van der Waals surface area (Å²) in [5.74, 6) is 1.40. The summed E-state index contributed by atoms with van der Waals surface area (Å²) >= 11 is 0. The van der Waals surface area contributed by atoms with E-state index in [-0.39, 0.29) is 11.9 Å². The molecule has 0 radical (unpaired) electrons. The van der Waals surface area contributed by atoms with Gasteiger partial charge in [-0.15, -0.1) is 0 Å². The molecule has 2 aromatic rings. The summed E-state index contributed by atoms with van der Waals surface area (Å²) in [7, 11) is 0. The van der Waals surface area contributed by atoms with Crippen molar-refractivity contribution in [2.75, 3.05) is 13.1 Å². The first-order valence-electron chi connectivity index (χ1n) is 8.13. The summed E-state index contributed by atoms with van der Waals surface area (Å²) in [6.45, 7) is 4.78. The van der Waals surface area contributed by atoms with Crippen molar-refractivity contribution in [1.82, 2.24) is 20.8 Å². The second-order valence-electron chi connectivity index (χ2n) is 5.85. The molecule has 2 amide bonds. The Hall–Kier alpha value is -2.41. The predicted molar refractivity (Wildman–Crippen MR) is 89.5 cm³/mol. The summed E-state index contributed by atoms with van der Waals surface area (Å²) < 4.78 is 5.10. The molecule has 130 valence electrons. The fourth-order valence-corrected chi connectivity index (χ4v) is 2.11. The fraction of sp³-hybridized carbons (Fsp3) is 0.471. The number of amides is 2. The summed E-state index contributed by atoms with van der Waals surface area (Å²) in [5, 5.41) is 19.3. The zero-order valence-electron chi connectivity index (χ0n) is 14.0. The zero-order chi connectivity index (χ0) is 17.4. The van der Waals surface area contributed by atoms with Gasteiger partial charge in [0.25, 0.3) is 0 Å². The number of aromatic nitrogens is 2. The van der Waals surface area contributed by atoms with Gasteiger partial charge in [0.15, 0.2) is 5.82 Å². The number of benzene rings is 1. The fourth-order valence-electron chi connectivity index (χ4n) is 2.11. The Balaban J connectivity index is 1.61. The lowest BCUT2D eigenvalue weighted by Gasteiger charge is -2.11. The highest BCUT2D eigenvalue weighted by atomic mass is 16.5. The van der Waals surface area contributed by atoms with Crippen LogP contribution in [0.25, 0.3) is 0 Å². The first-order chi connectivity index (χ1) is 11.6. The van der Waals surface area contributed by atoms with Gasteiger partial charge in [0.2, 0.25) is 5.89 Å². The van der Waals surface area contributed by atoms with E-state index >= 15 is 0 Å². The largest absolute Gasteiger partial charge is 0.388 e. The first-order valence-corrected chi connectivity index (χ1v) is 8.13. The highest BCUT2D eigenvalue weighted by Gasteiger charge is 2.10. The topological polar surface area (TPSA) is 100 Å². The molecule has 1 aromatic heterocycles. The van der Waals surface area contributed by atoms with E-state index in [0.717, 1.165) is 5.56 Å². The Morgan fingerprint density at radius 2 is 1.92 bits per heavy atom. The molecule has 0 aliphatic rings. The van der Waals surface area contributed by atoms with Crippen molar-refractivity contribution in [2.24, 2.45) is 0 Å². The number of hydrogen-bond acceptors (Lipinski definition) is 5. The number of nitrogens with one attached hydrogen (secondary N) is 2. The summed E-state index contributed by atoms with van der Waals surface area (Å²) in [5.41, 5.74) is 0.844. The van der Waals surface area contributed by atoms with Gasteiger partial charge in [0.1, 0.15) is 0 Å². The van der Waals surface area contributed by atoms with Crippen molar-refractivity contribution in [2.45, 2.75) is 38.7 Å². The lowest BCUT2D eigenvalue weighted by molar-refractivity contribution is 0.167. The van der Waals surface area contributed by atoms with Crippen LogP contribution in [0.1, 0.15) is 49.6 Å². The monoisotopic (exact) mass is 332 g/mol. The van der Waals surface area contributed by atoms with E-state index in [2.05, 4.69) is 20.8 Å². The summed E-state index contributed by atoms with van der Waals surface area (Å²) in [6, 6.07) is 9.09. The van der Waals surface area contributed by atoms with E-state index in [1.165, 1.54) is 0 Å². The maximum atomic E-state index is 11.7. The predicted octanol–water partition coefficient (Wildman–Crippen LogP) is 2.16. The Morgan fingerprint density at radius 1 is 1.21 bits per heavy atom. The summed E-state index contributed by atoms with van der Waals surface area (Å²) in [6.07, 6.45) is 0.359. The number of carbonyl (C=O) groups is 1. The molecule has 3 N–H and O–H groups in total. The molecule has 7 heteroatoms. The van der Waals surface area contributed by atoms with E-state index < -0.39 is 6.10 Å². The van der Waals surface area contributed by atoms with Crippen LogP contribution < -0.4 is 10.6 Å². The van der Waals surface area contributed by atoms with E-state index in [9.17, 15) is 9.90 Å². The third kappa shape index (κ3) is 5.66. The molecule has 24 heavy (non-hydrogen) atoms. The van der Waals surface area contributed by atoms with E-state index in [0.29, 0.717) is 37.6 Å². The maximum Gasteiger partial charge on any atom is 0.314 e. The third-order valence-electron chi connectivity index (χ3n) is 3.51. The number of carbonyl (C=O) groups excluding carboxylic acids is 1. The van der Waals surface area contributed by atoms with Gasteiger partial charge in [0, 0.05) is 25.4 Å². The molecule has 0 bridgehead atoms. The smallest absolute Gasteiger partial charge is 0.314 e. The molecule has 2 rings (SSSR count). The molecule has 0 fully saturated rings. The van der Waals surface area contributed by atoms with Gasteiger partial charge in [-0.25, -0.2) is 4.79 Å². The minimum absolute atomic E-state index is 0.217. The third-order valence-corrected chi connectivity index (χ3v) is 3.51. The average Bonchev–Trinajstić information content (AvgIpc) is 3.05. The molecule has 0 saturated heterocycles. The van der Waals surface area contributed by atoms with Crippen LogP contribution >= 0.6 is 0 Å². The minimum atomic E-state index is -0.584. The lowest BCUT2D eigenvalue weighted by Crippen LogP contribution is -2.37. The van der Waals surface area contributed by atoms with E-state index in [4.69, 9.17) is 4.52 Å². The Bertz CT molecular complexity index is 628. The molecule has 0 aliphatic heterocycles. The van der Waals surface area contributed by atoms with Gasteiger partial charge in [-0.2, -0.15) is 4.98 Å². The Labute approximate surface area is 141 Å². The number of aliphatic hydroxyl groups excluding tert-OH is 1. The maximum absolute atomic E-state index is 11.7. The molecular formula is C17H24N4O3. The highest BCUT2D eigenvalue weighted by Crippen LogP contribution is 2.14. The van der Waals surface area contributed by atoms with Crippen molar-refractivity contribution in [3.05, 3.63) is 47.6 Å². The van der Waals surface area contributed by atoms with E-state index in [1.807, 2.05) is 44.2 Å². The number of nitrogens with zero attached hydrogens (tertiary/aromatic N) is 2. The molecule has 7 nitrogen and oxygen atoms in total. The van der Waals surface area contributed by atoms with Crippen molar-refractivity contribution < 1.29 is 14.4 Å². The van der Waals surface area contributed by atoms with Crippen molar-refractivity contribution in [1.29, 1.82) is 0 Å². The van der Waals surface area contributed by atoms with Gasteiger partial charge >= 0.3 is 6.03 Å². The molecule has 1 unspecified atom stereocenters. The van der Waals surface area contributed by atoms with Gasteiger partial charge in [-0.3, -0.25) is 0 Å². The molecule has 0 saturated carbocycles. The molecule has 1 heterocycles.